The Labute approximate surface area is 200 Å². The molecule has 0 N–H and O–H groups in total. The number of nitro groups is 1. The Morgan fingerprint density at radius 1 is 0.912 bits per heavy atom. The molecule has 9 heteroatoms. The molecule has 0 bridgehead atoms. The van der Waals surface area contributed by atoms with E-state index in [1.54, 1.807) is 0 Å². The lowest BCUT2D eigenvalue weighted by Gasteiger charge is -2.26. The number of hydrogen-bond acceptors (Lipinski definition) is 6. The van der Waals surface area contributed by atoms with Gasteiger partial charge in [-0.1, -0.05) is 60.7 Å². The number of nitrogens with zero attached hydrogens (tertiary/aromatic N) is 2. The first kappa shape index (κ1) is 24.9. The first-order valence-corrected chi connectivity index (χ1v) is 11.9. The zero-order chi connectivity index (χ0) is 24.5. The fraction of sp³-hybridized carbons (Fsp3) is 0.240. The zero-order valence-corrected chi connectivity index (χ0v) is 19.5. The smallest absolute Gasteiger partial charge is 0.313 e. The largest absolute Gasteiger partial charge is 0.469 e. The van der Waals surface area contributed by atoms with Crippen LogP contribution in [0.4, 0.5) is 11.4 Å². The van der Waals surface area contributed by atoms with Gasteiger partial charge in [0.1, 0.15) is 0 Å². The summed E-state index contributed by atoms with van der Waals surface area (Å²) in [5.74, 6) is -1.05. The van der Waals surface area contributed by atoms with Crippen LogP contribution in [0.5, 0.6) is 0 Å². The quantitative estimate of drug-likeness (QED) is 0.187. The van der Waals surface area contributed by atoms with Gasteiger partial charge in [-0.3, -0.25) is 19.2 Å². The molecule has 34 heavy (non-hydrogen) atoms. The van der Waals surface area contributed by atoms with Crippen LogP contribution >= 0.6 is 0 Å². The number of benzene rings is 3. The number of ether oxygens (including phenoxy) is 1. The minimum Gasteiger partial charge on any atom is -0.469 e. The third-order valence-electron chi connectivity index (χ3n) is 5.71. The molecule has 0 saturated carbocycles. The molecular formula is C25H26N2O6S. The van der Waals surface area contributed by atoms with Gasteiger partial charge >= 0.3 is 5.97 Å². The molecule has 0 aliphatic heterocycles. The molecule has 3 rings (SSSR count). The van der Waals surface area contributed by atoms with Crippen LogP contribution < -0.4 is 4.31 Å². The number of thiol groups is 1. The van der Waals surface area contributed by atoms with E-state index in [4.69, 9.17) is 4.74 Å². The molecule has 178 valence electrons. The van der Waals surface area contributed by atoms with Crippen LogP contribution in [0.25, 0.3) is 0 Å². The number of hydrogen-bond donors (Lipinski definition) is 1. The summed E-state index contributed by atoms with van der Waals surface area (Å²) < 4.78 is 30.5. The fourth-order valence-electron chi connectivity index (χ4n) is 3.93. The number of carbonyl (C=O) groups is 1. The maximum absolute atomic E-state index is 12.5. The number of non-ortho nitro benzene ring substituents is 1. The Morgan fingerprint density at radius 2 is 1.47 bits per heavy atom. The molecule has 0 spiro atoms. The van der Waals surface area contributed by atoms with Crippen LogP contribution in [0.2, 0.25) is 0 Å². The number of anilines is 1. The van der Waals surface area contributed by atoms with E-state index in [1.165, 1.54) is 35.7 Å². The van der Waals surface area contributed by atoms with E-state index in [2.05, 4.69) is 0 Å². The van der Waals surface area contributed by atoms with Gasteiger partial charge < -0.3 is 4.74 Å². The normalized spacial score (nSPS) is 12.6. The van der Waals surface area contributed by atoms with Gasteiger partial charge in [-0.05, 0) is 36.1 Å². The van der Waals surface area contributed by atoms with Gasteiger partial charge in [-0.2, -0.15) is 0 Å². The van der Waals surface area contributed by atoms with Gasteiger partial charge in [-0.15, -0.1) is 0 Å². The number of carbonyl (C=O) groups excluding carboxylic acids is 1. The van der Waals surface area contributed by atoms with Crippen LogP contribution in [0.1, 0.15) is 35.8 Å². The van der Waals surface area contributed by atoms with Crippen molar-refractivity contribution in [3.63, 3.8) is 0 Å². The molecule has 2 atom stereocenters. The standard InChI is InChI=1S/C25H26N2O6S/c1-33-25(28)24(20-10-6-3-7-11-20)17-12-21(19-8-4-2-5-9-19)18-26(34(31)32)22-13-15-23(16-14-22)27(29)30/h2-11,13-16,21,24,34H,12,17-18H2,1H3. The van der Waals surface area contributed by atoms with E-state index in [-0.39, 0.29) is 24.1 Å². The van der Waals surface area contributed by atoms with Crippen molar-refractivity contribution in [3.05, 3.63) is 106 Å². The minimum absolute atomic E-state index is 0.117. The second kappa shape index (κ2) is 11.9. The summed E-state index contributed by atoms with van der Waals surface area (Å²) in [6.07, 6.45) is 0.977. The summed E-state index contributed by atoms with van der Waals surface area (Å²) in [5, 5.41) is 11.0. The predicted octanol–water partition coefficient (Wildman–Crippen LogP) is 4.45. The summed E-state index contributed by atoms with van der Waals surface area (Å²) in [7, 11) is -1.65. The monoisotopic (exact) mass is 482 g/mol. The molecule has 8 nitrogen and oxygen atoms in total. The highest BCUT2D eigenvalue weighted by Gasteiger charge is 2.25. The summed E-state index contributed by atoms with van der Waals surface area (Å²) in [6.45, 7) is 0.128. The van der Waals surface area contributed by atoms with Crippen molar-refractivity contribution in [3.8, 4) is 0 Å². The zero-order valence-electron chi connectivity index (χ0n) is 18.7. The van der Waals surface area contributed by atoms with Crippen molar-refractivity contribution in [1.82, 2.24) is 0 Å². The lowest BCUT2D eigenvalue weighted by Crippen LogP contribution is -2.28. The SMILES string of the molecule is COC(=O)C(CCC(CN(c1ccc([N+](=O)[O-])cc1)[SH](=O)=O)c1ccccc1)c1ccccc1. The summed E-state index contributed by atoms with van der Waals surface area (Å²) in [4.78, 5) is 22.9. The highest BCUT2D eigenvalue weighted by atomic mass is 32.2. The average Bonchev–Trinajstić information content (AvgIpc) is 2.86. The van der Waals surface area contributed by atoms with Gasteiger partial charge in [0.05, 0.1) is 23.6 Å². The first-order valence-electron chi connectivity index (χ1n) is 10.7. The Bertz CT molecular complexity index is 1160. The lowest BCUT2D eigenvalue weighted by atomic mass is 9.87. The molecule has 2 unspecified atom stereocenters. The molecule has 0 aromatic heterocycles. The van der Waals surface area contributed by atoms with Gasteiger partial charge in [0, 0.05) is 24.6 Å². The van der Waals surface area contributed by atoms with Gasteiger partial charge in [-0.25, -0.2) is 8.42 Å². The molecule has 0 radical (unpaired) electrons. The van der Waals surface area contributed by atoms with Crippen LogP contribution in [0, 0.1) is 10.1 Å². The number of esters is 1. The number of methoxy groups -OCH3 is 1. The maximum Gasteiger partial charge on any atom is 0.313 e. The third-order valence-corrected chi connectivity index (χ3v) is 6.50. The van der Waals surface area contributed by atoms with E-state index in [0.717, 1.165) is 11.1 Å². The van der Waals surface area contributed by atoms with Crippen molar-refractivity contribution in [1.29, 1.82) is 0 Å². The van der Waals surface area contributed by atoms with Crippen molar-refractivity contribution in [2.45, 2.75) is 24.7 Å². The second-order valence-corrected chi connectivity index (χ2v) is 8.72. The highest BCUT2D eigenvalue weighted by molar-refractivity contribution is 7.74. The van der Waals surface area contributed by atoms with Gasteiger partial charge in [0.15, 0.2) is 0 Å². The molecule has 0 aliphatic rings. The van der Waals surface area contributed by atoms with E-state index in [0.29, 0.717) is 18.5 Å². The molecule has 3 aromatic carbocycles. The first-order chi connectivity index (χ1) is 16.4. The Morgan fingerprint density at radius 3 is 1.97 bits per heavy atom. The van der Waals surface area contributed by atoms with Crippen molar-refractivity contribution >= 4 is 28.2 Å². The summed E-state index contributed by atoms with van der Waals surface area (Å²) in [5.41, 5.74) is 2.00. The highest BCUT2D eigenvalue weighted by Crippen LogP contribution is 2.31. The Balaban J connectivity index is 1.88. The van der Waals surface area contributed by atoms with E-state index < -0.39 is 21.7 Å². The van der Waals surface area contributed by atoms with Crippen molar-refractivity contribution < 1.29 is 22.9 Å². The van der Waals surface area contributed by atoms with Crippen LogP contribution in [-0.4, -0.2) is 33.0 Å². The van der Waals surface area contributed by atoms with Crippen molar-refractivity contribution in [2.24, 2.45) is 0 Å². The van der Waals surface area contributed by atoms with E-state index >= 15 is 0 Å². The van der Waals surface area contributed by atoms with E-state index in [9.17, 15) is 23.3 Å². The van der Waals surface area contributed by atoms with Gasteiger partial charge in [0.25, 0.3) is 5.69 Å². The summed E-state index contributed by atoms with van der Waals surface area (Å²) in [6, 6.07) is 24.2. The van der Waals surface area contributed by atoms with Crippen LogP contribution in [0.3, 0.4) is 0 Å². The maximum atomic E-state index is 12.5. The van der Waals surface area contributed by atoms with Gasteiger partial charge in [0.2, 0.25) is 10.9 Å². The second-order valence-electron chi connectivity index (χ2n) is 7.76. The van der Waals surface area contributed by atoms with Crippen LogP contribution in [-0.2, 0) is 20.4 Å². The number of rotatable bonds is 11. The molecule has 0 fully saturated rings. The minimum atomic E-state index is -3.00. The van der Waals surface area contributed by atoms with Crippen molar-refractivity contribution in [2.75, 3.05) is 18.0 Å². The number of nitro benzene ring substituents is 1. The molecule has 0 amide bonds. The summed E-state index contributed by atoms with van der Waals surface area (Å²) >= 11 is 0. The van der Waals surface area contributed by atoms with Crippen LogP contribution in [0.15, 0.2) is 84.9 Å². The fourth-order valence-corrected chi connectivity index (χ4v) is 4.58. The lowest BCUT2D eigenvalue weighted by molar-refractivity contribution is -0.384. The van der Waals surface area contributed by atoms with E-state index in [1.807, 2.05) is 60.7 Å². The predicted molar refractivity (Wildman–Crippen MR) is 130 cm³/mol. The Hall–Kier alpha value is -3.72. The molecule has 0 heterocycles. The molecule has 0 saturated heterocycles. The third kappa shape index (κ3) is 6.41. The molecule has 0 aliphatic carbocycles. The molecular weight excluding hydrogens is 456 g/mol. The topological polar surface area (TPSA) is 107 Å². The Kier molecular flexibility index (Phi) is 8.75. The molecule has 3 aromatic rings. The average molecular weight is 483 g/mol.